The first-order valence-corrected chi connectivity index (χ1v) is 17.4. The van der Waals surface area contributed by atoms with Crippen LogP contribution in [-0.2, 0) is 6.54 Å². The predicted octanol–water partition coefficient (Wildman–Crippen LogP) is 6.60. The van der Waals surface area contributed by atoms with Crippen LogP contribution in [-0.4, -0.2) is 80.3 Å². The van der Waals surface area contributed by atoms with E-state index < -0.39 is 0 Å². The molecule has 4 aromatic carbocycles. The zero-order valence-corrected chi connectivity index (χ0v) is 27.8. The van der Waals surface area contributed by atoms with Crippen molar-refractivity contribution in [2.45, 2.75) is 31.2 Å². The van der Waals surface area contributed by atoms with E-state index in [0.717, 1.165) is 80.9 Å². The lowest BCUT2D eigenvalue weighted by molar-refractivity contribution is 0.0816. The van der Waals surface area contributed by atoms with Crippen LogP contribution in [0.15, 0.2) is 78.9 Å². The summed E-state index contributed by atoms with van der Waals surface area (Å²) in [5, 5.41) is 10.1. The smallest absolute Gasteiger partial charge is 0.254 e. The van der Waals surface area contributed by atoms with Gasteiger partial charge in [0.1, 0.15) is 23.1 Å². The molecule has 0 saturated carbocycles. The molecule has 2 saturated heterocycles. The Hall–Kier alpha value is -4.63. The van der Waals surface area contributed by atoms with Crippen molar-refractivity contribution in [1.82, 2.24) is 9.80 Å². The maximum Gasteiger partial charge on any atom is 0.254 e. The topological polar surface area (TPSA) is 59.5 Å². The molecule has 8 rings (SSSR count). The Kier molecular flexibility index (Phi) is 8.39. The monoisotopic (exact) mass is 664 g/mol. The van der Waals surface area contributed by atoms with Crippen molar-refractivity contribution < 1.29 is 23.4 Å². The Bertz CT molecular complexity index is 1850. The Morgan fingerprint density at radius 3 is 2.29 bits per heavy atom. The number of anilines is 2. The molecule has 1 unspecified atom stereocenters. The quantitative estimate of drug-likeness (QED) is 0.251. The van der Waals surface area contributed by atoms with Crippen LogP contribution in [0, 0.1) is 17.6 Å². The Morgan fingerprint density at radius 1 is 0.796 bits per heavy atom. The molecule has 2 atom stereocenters. The number of carbonyl (C=O) groups is 1. The average Bonchev–Trinajstić information content (AvgIpc) is 3.39. The lowest BCUT2D eigenvalue weighted by Crippen LogP contribution is -2.49. The average molecular weight is 665 g/mol. The van der Waals surface area contributed by atoms with Gasteiger partial charge in [-0.15, -0.1) is 0 Å². The summed E-state index contributed by atoms with van der Waals surface area (Å²) in [5.74, 6) is 0.597. The zero-order chi connectivity index (χ0) is 33.6. The first kappa shape index (κ1) is 31.6. The van der Waals surface area contributed by atoms with Crippen molar-refractivity contribution in [2.24, 2.45) is 5.92 Å². The predicted molar refractivity (Wildman–Crippen MR) is 187 cm³/mol. The standard InChI is InChI=1S/C40H42F2N4O3/c1-43-24-29-20-37(35(42)22-32(29)40(43)48)46-17-15-44(16-18-46)23-26-11-13-45(14-12-26)36-10-7-28(19-34(36)41)39-31-9-8-30(47)21-38(31)49-25-33(39)27-5-3-2-4-6-27/h2-10,19-22,26,33,39,47H,11-18,23-25H2,1H3/t33?,39-/m1/s1. The van der Waals surface area contributed by atoms with Crippen LogP contribution in [0.25, 0.3) is 0 Å². The van der Waals surface area contributed by atoms with Crippen molar-refractivity contribution in [3.8, 4) is 11.5 Å². The van der Waals surface area contributed by atoms with Gasteiger partial charge in [-0.05, 0) is 65.8 Å². The van der Waals surface area contributed by atoms with Crippen LogP contribution in [0.2, 0.25) is 0 Å². The molecule has 2 fully saturated rings. The molecular weight excluding hydrogens is 622 g/mol. The van der Waals surface area contributed by atoms with E-state index >= 15 is 8.78 Å². The summed E-state index contributed by atoms with van der Waals surface area (Å²) in [6.07, 6.45) is 1.99. The molecule has 0 spiro atoms. The van der Waals surface area contributed by atoms with Crippen LogP contribution in [0.4, 0.5) is 20.2 Å². The highest BCUT2D eigenvalue weighted by molar-refractivity contribution is 5.98. The van der Waals surface area contributed by atoms with Crippen LogP contribution < -0.4 is 14.5 Å². The minimum absolute atomic E-state index is 0.0150. The highest BCUT2D eigenvalue weighted by atomic mass is 19.1. The van der Waals surface area contributed by atoms with E-state index in [0.29, 0.717) is 41.8 Å². The highest BCUT2D eigenvalue weighted by Gasteiger charge is 2.35. The zero-order valence-electron chi connectivity index (χ0n) is 27.8. The molecular formula is C40H42F2N4O3. The van der Waals surface area contributed by atoms with Gasteiger partial charge in [-0.1, -0.05) is 42.5 Å². The summed E-state index contributed by atoms with van der Waals surface area (Å²) in [6.45, 7) is 6.81. The Morgan fingerprint density at radius 2 is 1.53 bits per heavy atom. The summed E-state index contributed by atoms with van der Waals surface area (Å²) in [4.78, 5) is 20.7. The van der Waals surface area contributed by atoms with Crippen molar-refractivity contribution in [3.05, 3.63) is 118 Å². The van der Waals surface area contributed by atoms with E-state index in [1.165, 1.54) is 6.07 Å². The molecule has 1 amide bonds. The van der Waals surface area contributed by atoms with Crippen LogP contribution in [0.5, 0.6) is 11.5 Å². The van der Waals surface area contributed by atoms with Gasteiger partial charge in [0.2, 0.25) is 0 Å². The molecule has 4 aliphatic rings. The number of ether oxygens (including phenoxy) is 1. The highest BCUT2D eigenvalue weighted by Crippen LogP contribution is 2.47. The fraction of sp³-hybridized carbons (Fsp3) is 0.375. The minimum Gasteiger partial charge on any atom is -0.508 e. The summed E-state index contributed by atoms with van der Waals surface area (Å²) in [5.41, 5.74) is 5.62. The maximum atomic E-state index is 16.0. The van der Waals surface area contributed by atoms with Gasteiger partial charge in [-0.25, -0.2) is 8.78 Å². The molecule has 4 aliphatic heterocycles. The van der Waals surface area contributed by atoms with E-state index in [1.807, 2.05) is 36.4 Å². The van der Waals surface area contributed by atoms with Crippen molar-refractivity contribution in [2.75, 3.05) is 69.3 Å². The molecule has 254 valence electrons. The number of halogens is 2. The third-order valence-electron chi connectivity index (χ3n) is 11.1. The van der Waals surface area contributed by atoms with Gasteiger partial charge in [-0.3, -0.25) is 9.69 Å². The number of aromatic hydroxyl groups is 1. The van der Waals surface area contributed by atoms with Gasteiger partial charge in [0.05, 0.1) is 18.0 Å². The summed E-state index contributed by atoms with van der Waals surface area (Å²) in [6, 6.07) is 24.4. The van der Waals surface area contributed by atoms with Crippen molar-refractivity contribution >= 4 is 17.3 Å². The fourth-order valence-corrected chi connectivity index (χ4v) is 8.37. The van der Waals surface area contributed by atoms with Gasteiger partial charge in [0.25, 0.3) is 5.91 Å². The van der Waals surface area contributed by atoms with Gasteiger partial charge < -0.3 is 24.5 Å². The minimum atomic E-state index is -0.322. The number of amides is 1. The summed E-state index contributed by atoms with van der Waals surface area (Å²) >= 11 is 0. The van der Waals surface area contributed by atoms with Gasteiger partial charge >= 0.3 is 0 Å². The number of hydrogen-bond acceptors (Lipinski definition) is 6. The maximum absolute atomic E-state index is 16.0. The fourth-order valence-electron chi connectivity index (χ4n) is 8.37. The van der Waals surface area contributed by atoms with Crippen molar-refractivity contribution in [1.29, 1.82) is 0 Å². The lowest BCUT2D eigenvalue weighted by atomic mass is 9.76. The molecule has 4 heterocycles. The van der Waals surface area contributed by atoms with Gasteiger partial charge in [0.15, 0.2) is 0 Å². The normalized spacial score (nSPS) is 21.4. The number of piperidine rings is 1. The van der Waals surface area contributed by atoms with E-state index in [-0.39, 0.29) is 35.1 Å². The van der Waals surface area contributed by atoms with Crippen molar-refractivity contribution in [3.63, 3.8) is 0 Å². The Labute approximate surface area is 286 Å². The van der Waals surface area contributed by atoms with E-state index in [1.54, 1.807) is 30.1 Å². The second kappa shape index (κ2) is 13.0. The number of piperazine rings is 1. The largest absolute Gasteiger partial charge is 0.508 e. The second-order valence-electron chi connectivity index (χ2n) is 14.1. The van der Waals surface area contributed by atoms with Crippen LogP contribution in [0.3, 0.4) is 0 Å². The second-order valence-corrected chi connectivity index (χ2v) is 14.1. The first-order chi connectivity index (χ1) is 23.8. The molecule has 0 aliphatic carbocycles. The van der Waals surface area contributed by atoms with E-state index in [4.69, 9.17) is 4.74 Å². The number of hydrogen-bond donors (Lipinski definition) is 1. The number of fused-ring (bicyclic) bond motifs is 2. The van der Waals surface area contributed by atoms with E-state index in [2.05, 4.69) is 32.9 Å². The van der Waals surface area contributed by atoms with Crippen LogP contribution >= 0.6 is 0 Å². The number of rotatable bonds is 6. The van der Waals surface area contributed by atoms with Gasteiger partial charge in [-0.2, -0.15) is 0 Å². The number of phenolic OH excluding ortho intramolecular Hbond substituents is 1. The molecule has 0 bridgehead atoms. The Balaban J connectivity index is 0.896. The molecule has 9 heteroatoms. The summed E-state index contributed by atoms with van der Waals surface area (Å²) < 4.78 is 37.1. The number of phenols is 1. The summed E-state index contributed by atoms with van der Waals surface area (Å²) in [7, 11) is 1.75. The SMILES string of the molecule is CN1Cc2cc(N3CCN(CC4CCN(c5ccc([C@@H]6c7ccc(O)cc7OCC6c6ccccc6)cc5F)CC4)CC3)c(F)cc2C1=O. The van der Waals surface area contributed by atoms with Crippen LogP contribution in [0.1, 0.15) is 57.3 Å². The third-order valence-corrected chi connectivity index (χ3v) is 11.1. The number of carbonyl (C=O) groups excluding carboxylic acids is 1. The first-order valence-electron chi connectivity index (χ1n) is 17.4. The molecule has 7 nitrogen and oxygen atoms in total. The third kappa shape index (κ3) is 6.09. The molecule has 1 N–H and O–H groups in total. The number of nitrogens with zero attached hydrogens (tertiary/aromatic N) is 4. The number of benzene rings is 4. The molecule has 4 aromatic rings. The lowest BCUT2D eigenvalue weighted by Gasteiger charge is -2.40. The molecule has 49 heavy (non-hydrogen) atoms. The van der Waals surface area contributed by atoms with Gasteiger partial charge in [0, 0.05) is 88.4 Å². The molecule has 0 aromatic heterocycles. The van der Waals surface area contributed by atoms with E-state index in [9.17, 15) is 9.90 Å². The molecule has 0 radical (unpaired) electrons.